The van der Waals surface area contributed by atoms with Crippen molar-refractivity contribution < 1.29 is 19.2 Å². The number of aliphatic carboxylic acids is 1. The van der Waals surface area contributed by atoms with Crippen molar-refractivity contribution in [1.29, 1.82) is 0 Å². The minimum absolute atomic E-state index is 0.218. The molecule has 1 aliphatic rings. The molecule has 23 heavy (non-hydrogen) atoms. The maximum Gasteiger partial charge on any atom is 0.323 e. The lowest BCUT2D eigenvalue weighted by molar-refractivity contribution is -0.140. The highest BCUT2D eigenvalue weighted by atomic mass is 32.2. The van der Waals surface area contributed by atoms with Crippen molar-refractivity contribution >= 4 is 46.3 Å². The predicted octanol–water partition coefficient (Wildman–Crippen LogP) is 2.63. The third-order valence-electron chi connectivity index (χ3n) is 3.03. The van der Waals surface area contributed by atoms with E-state index < -0.39 is 18.4 Å². The summed E-state index contributed by atoms with van der Waals surface area (Å²) in [6.07, 6.45) is 1.54. The van der Waals surface area contributed by atoms with Crippen LogP contribution in [0.4, 0.5) is 0 Å². The number of amides is 1. The van der Waals surface area contributed by atoms with Crippen LogP contribution in [0.5, 0.6) is 0 Å². The number of hydrogen-bond acceptors (Lipinski definition) is 6. The summed E-state index contributed by atoms with van der Waals surface area (Å²) in [5.41, 5.74) is 1.35. The van der Waals surface area contributed by atoms with Crippen LogP contribution in [0, 0.1) is 0 Å². The van der Waals surface area contributed by atoms with Crippen LogP contribution >= 0.6 is 24.0 Å². The van der Waals surface area contributed by atoms with Crippen molar-refractivity contribution in [3.05, 3.63) is 47.0 Å². The van der Waals surface area contributed by atoms with Gasteiger partial charge in [-0.1, -0.05) is 59.5 Å². The maximum absolute atomic E-state index is 12.2. The molecule has 1 aliphatic heterocycles. The van der Waals surface area contributed by atoms with E-state index in [4.69, 9.17) is 21.8 Å². The molecule has 0 radical (unpaired) electrons. The molecule has 116 valence electrons. The van der Waals surface area contributed by atoms with E-state index in [2.05, 4.69) is 5.16 Å². The molecule has 6 nitrogen and oxygen atoms in total. The van der Waals surface area contributed by atoms with Crippen LogP contribution in [0.15, 0.2) is 45.8 Å². The van der Waals surface area contributed by atoms with Gasteiger partial charge in [0.1, 0.15) is 16.6 Å². The topological polar surface area (TPSA) is 83.6 Å². The minimum atomic E-state index is -1.12. The molecule has 0 spiro atoms. The molecule has 0 aliphatic carbocycles. The Labute approximate surface area is 140 Å². The van der Waals surface area contributed by atoms with Gasteiger partial charge in [-0.05, 0) is 6.08 Å². The Morgan fingerprint density at radius 2 is 2.13 bits per heavy atom. The van der Waals surface area contributed by atoms with Gasteiger partial charge < -0.3 is 9.63 Å². The predicted molar refractivity (Wildman–Crippen MR) is 89.5 cm³/mol. The lowest BCUT2D eigenvalue weighted by Gasteiger charge is -2.09. The smallest absolute Gasteiger partial charge is 0.323 e. The van der Waals surface area contributed by atoms with Gasteiger partial charge in [-0.15, -0.1) is 0 Å². The van der Waals surface area contributed by atoms with Crippen molar-refractivity contribution in [2.75, 3.05) is 6.54 Å². The fourth-order valence-corrected chi connectivity index (χ4v) is 3.24. The molecular weight excluding hydrogens is 336 g/mol. The van der Waals surface area contributed by atoms with E-state index in [9.17, 15) is 9.59 Å². The fraction of sp³-hybridized carbons (Fsp3) is 0.0667. The molecule has 1 fully saturated rings. The van der Waals surface area contributed by atoms with E-state index in [1.165, 1.54) is 6.08 Å². The van der Waals surface area contributed by atoms with E-state index in [1.54, 1.807) is 6.07 Å². The molecule has 0 atom stereocenters. The monoisotopic (exact) mass is 346 g/mol. The Hall–Kier alpha value is -2.45. The average Bonchev–Trinajstić information content (AvgIpc) is 3.09. The summed E-state index contributed by atoms with van der Waals surface area (Å²) < 4.78 is 5.48. The van der Waals surface area contributed by atoms with Gasteiger partial charge in [0.25, 0.3) is 5.91 Å². The molecule has 0 bridgehead atoms. The largest absolute Gasteiger partial charge is 0.480 e. The summed E-state index contributed by atoms with van der Waals surface area (Å²) in [6.45, 7) is -0.448. The van der Waals surface area contributed by atoms with Gasteiger partial charge in [-0.25, -0.2) is 0 Å². The summed E-state index contributed by atoms with van der Waals surface area (Å²) in [6, 6.07) is 11.1. The molecule has 1 N–H and O–H groups in total. The van der Waals surface area contributed by atoms with E-state index in [1.807, 2.05) is 30.3 Å². The highest BCUT2D eigenvalue weighted by molar-refractivity contribution is 8.26. The fourth-order valence-electron chi connectivity index (χ4n) is 2.00. The Bertz CT molecular complexity index is 814. The second kappa shape index (κ2) is 6.35. The summed E-state index contributed by atoms with van der Waals surface area (Å²) >= 11 is 6.08. The van der Waals surface area contributed by atoms with Gasteiger partial charge in [0.15, 0.2) is 5.76 Å². The zero-order valence-electron chi connectivity index (χ0n) is 11.6. The standard InChI is InChI=1S/C15H10N2O4S2/c18-13(19)8-17-14(20)12(23-15(17)22)7-10-6-11(21-16-10)9-4-2-1-3-5-9/h1-7H,8H2,(H,18,19). The van der Waals surface area contributed by atoms with Crippen LogP contribution in [-0.2, 0) is 9.59 Å². The number of carboxylic acids is 1. The number of thioether (sulfide) groups is 1. The molecule has 1 amide bonds. The van der Waals surface area contributed by atoms with Crippen LogP contribution < -0.4 is 0 Å². The van der Waals surface area contributed by atoms with Crippen molar-refractivity contribution in [2.24, 2.45) is 0 Å². The van der Waals surface area contributed by atoms with Gasteiger partial charge in [-0.3, -0.25) is 14.5 Å². The first-order valence-corrected chi connectivity index (χ1v) is 7.76. The average molecular weight is 346 g/mol. The Kier molecular flexibility index (Phi) is 4.26. The molecule has 2 aromatic rings. The minimum Gasteiger partial charge on any atom is -0.480 e. The van der Waals surface area contributed by atoms with E-state index in [-0.39, 0.29) is 4.32 Å². The lowest BCUT2D eigenvalue weighted by Crippen LogP contribution is -2.33. The zero-order chi connectivity index (χ0) is 16.4. The van der Waals surface area contributed by atoms with Crippen molar-refractivity contribution in [3.63, 3.8) is 0 Å². The molecule has 8 heteroatoms. The van der Waals surface area contributed by atoms with Crippen LogP contribution in [0.2, 0.25) is 0 Å². The number of rotatable bonds is 4. The summed E-state index contributed by atoms with van der Waals surface area (Å²) in [5.74, 6) is -0.972. The van der Waals surface area contributed by atoms with Gasteiger partial charge >= 0.3 is 5.97 Å². The third-order valence-corrected chi connectivity index (χ3v) is 4.41. The highest BCUT2D eigenvalue weighted by Gasteiger charge is 2.33. The van der Waals surface area contributed by atoms with Crippen LogP contribution in [0.3, 0.4) is 0 Å². The number of hydrogen-bond donors (Lipinski definition) is 1. The number of carbonyl (C=O) groups is 2. The first-order valence-electron chi connectivity index (χ1n) is 6.54. The second-order valence-corrected chi connectivity index (χ2v) is 6.32. The van der Waals surface area contributed by atoms with Gasteiger partial charge in [0.2, 0.25) is 0 Å². The highest BCUT2D eigenvalue weighted by Crippen LogP contribution is 2.32. The van der Waals surface area contributed by atoms with Crippen molar-refractivity contribution in [3.8, 4) is 11.3 Å². The van der Waals surface area contributed by atoms with E-state index in [0.29, 0.717) is 16.4 Å². The van der Waals surface area contributed by atoms with Crippen molar-refractivity contribution in [2.45, 2.75) is 0 Å². The van der Waals surface area contributed by atoms with E-state index in [0.717, 1.165) is 22.2 Å². The first kappa shape index (κ1) is 15.4. The Balaban J connectivity index is 1.83. The first-order chi connectivity index (χ1) is 11.0. The number of thiocarbonyl (C=S) groups is 1. The van der Waals surface area contributed by atoms with Gasteiger partial charge in [0, 0.05) is 11.6 Å². The number of carboxylic acid groups (broad SMARTS) is 1. The normalized spacial score (nSPS) is 16.3. The lowest BCUT2D eigenvalue weighted by atomic mass is 10.1. The third kappa shape index (κ3) is 3.33. The SMILES string of the molecule is O=C(O)CN1C(=O)C(=Cc2cc(-c3ccccc3)on2)SC1=S. The quantitative estimate of drug-likeness (QED) is 0.673. The Morgan fingerprint density at radius 1 is 1.39 bits per heavy atom. The molecule has 0 saturated carbocycles. The van der Waals surface area contributed by atoms with Crippen LogP contribution in [0.25, 0.3) is 17.4 Å². The van der Waals surface area contributed by atoms with E-state index >= 15 is 0 Å². The Morgan fingerprint density at radius 3 is 2.83 bits per heavy atom. The van der Waals surface area contributed by atoms with Crippen LogP contribution in [-0.4, -0.2) is 37.9 Å². The molecule has 1 aromatic carbocycles. The molecule has 3 rings (SSSR count). The summed E-state index contributed by atoms with van der Waals surface area (Å²) in [7, 11) is 0. The molecule has 0 unspecified atom stereocenters. The molecule has 2 heterocycles. The molecular formula is C15H10N2O4S2. The van der Waals surface area contributed by atoms with Gasteiger partial charge in [0.05, 0.1) is 4.91 Å². The maximum atomic E-state index is 12.2. The summed E-state index contributed by atoms with van der Waals surface area (Å²) in [4.78, 5) is 24.3. The second-order valence-electron chi connectivity index (χ2n) is 4.64. The zero-order valence-corrected chi connectivity index (χ0v) is 13.3. The van der Waals surface area contributed by atoms with Crippen molar-refractivity contribution in [1.82, 2.24) is 10.1 Å². The number of nitrogens with zero attached hydrogens (tertiary/aromatic N) is 2. The van der Waals surface area contributed by atoms with Gasteiger partial charge in [-0.2, -0.15) is 0 Å². The van der Waals surface area contributed by atoms with Crippen LogP contribution in [0.1, 0.15) is 5.69 Å². The molecule has 1 aromatic heterocycles. The molecule has 1 saturated heterocycles. The number of carbonyl (C=O) groups excluding carboxylic acids is 1. The number of benzene rings is 1. The number of aromatic nitrogens is 1. The summed E-state index contributed by atoms with van der Waals surface area (Å²) in [5, 5.41) is 12.7.